The molecule has 0 saturated carbocycles. The maximum Gasteiger partial charge on any atom is 0.271 e. The van der Waals surface area contributed by atoms with Crippen molar-refractivity contribution in [2.75, 3.05) is 0 Å². The number of aromatic nitrogens is 2. The van der Waals surface area contributed by atoms with Crippen molar-refractivity contribution in [1.82, 2.24) is 15.2 Å². The first-order valence-corrected chi connectivity index (χ1v) is 12.1. The summed E-state index contributed by atoms with van der Waals surface area (Å²) in [6.45, 7) is 0.389. The topological polar surface area (TPSA) is 68.5 Å². The molecule has 0 radical (unpaired) electrons. The molecule has 6 nitrogen and oxygen atoms in total. The second-order valence-corrected chi connectivity index (χ2v) is 8.80. The van der Waals surface area contributed by atoms with Gasteiger partial charge in [0, 0.05) is 27.9 Å². The van der Waals surface area contributed by atoms with Crippen LogP contribution in [0, 0.1) is 5.82 Å². The number of hydrogen-bond donors (Lipinski definition) is 1. The largest absolute Gasteiger partial charge is 0.489 e. The Bertz CT molecular complexity index is 1550. The van der Waals surface area contributed by atoms with Gasteiger partial charge >= 0.3 is 0 Å². The number of hydrogen-bond acceptors (Lipinski definition) is 4. The number of ether oxygens (including phenoxy) is 1. The van der Waals surface area contributed by atoms with Crippen molar-refractivity contribution >= 4 is 23.7 Å². The molecular formula is C30H22ClFN4O2. The van der Waals surface area contributed by atoms with Crippen molar-refractivity contribution < 1.29 is 13.9 Å². The van der Waals surface area contributed by atoms with E-state index in [-0.39, 0.29) is 11.7 Å². The Morgan fingerprint density at radius 2 is 1.66 bits per heavy atom. The highest BCUT2D eigenvalue weighted by molar-refractivity contribution is 6.30. The van der Waals surface area contributed by atoms with Crippen LogP contribution < -0.4 is 10.2 Å². The number of amides is 1. The van der Waals surface area contributed by atoms with Crippen LogP contribution in [0.15, 0.2) is 114 Å². The van der Waals surface area contributed by atoms with Crippen LogP contribution >= 0.6 is 11.6 Å². The molecule has 4 aromatic carbocycles. The number of carbonyl (C=O) groups is 1. The van der Waals surface area contributed by atoms with Gasteiger partial charge in [0.05, 0.1) is 11.9 Å². The number of benzene rings is 4. The summed E-state index contributed by atoms with van der Waals surface area (Å²) in [7, 11) is 0. The summed E-state index contributed by atoms with van der Waals surface area (Å²) in [5, 5.41) is 9.47. The Morgan fingerprint density at radius 1 is 0.947 bits per heavy atom. The SMILES string of the molecule is O=C(N/N=C\c1cn(-c2ccccc2)nc1-c1ccc(F)cc1)c1ccc(OCc2ccc(Cl)cc2)cc1. The predicted molar refractivity (Wildman–Crippen MR) is 146 cm³/mol. The van der Waals surface area contributed by atoms with Gasteiger partial charge in [-0.3, -0.25) is 4.79 Å². The van der Waals surface area contributed by atoms with Gasteiger partial charge in [-0.1, -0.05) is 41.9 Å². The lowest BCUT2D eigenvalue weighted by Crippen LogP contribution is -2.17. The van der Waals surface area contributed by atoms with Crippen LogP contribution in [0.1, 0.15) is 21.5 Å². The van der Waals surface area contributed by atoms with Crippen LogP contribution in [0.3, 0.4) is 0 Å². The number of rotatable bonds is 8. The van der Waals surface area contributed by atoms with Crippen molar-refractivity contribution in [3.05, 3.63) is 137 Å². The van der Waals surface area contributed by atoms with E-state index in [1.54, 1.807) is 47.3 Å². The molecule has 5 rings (SSSR count). The summed E-state index contributed by atoms with van der Waals surface area (Å²) in [5.74, 6) is -0.0679. The fourth-order valence-electron chi connectivity index (χ4n) is 3.70. The lowest BCUT2D eigenvalue weighted by Gasteiger charge is -2.07. The van der Waals surface area contributed by atoms with E-state index in [1.165, 1.54) is 18.3 Å². The Balaban J connectivity index is 1.27. The van der Waals surface area contributed by atoms with E-state index in [0.29, 0.717) is 34.2 Å². The molecule has 0 spiro atoms. The number of nitrogens with zero attached hydrogens (tertiary/aromatic N) is 3. The number of hydrazone groups is 1. The average molecular weight is 525 g/mol. The molecule has 0 aliphatic rings. The second kappa shape index (κ2) is 11.5. The average Bonchev–Trinajstić information content (AvgIpc) is 3.38. The molecule has 38 heavy (non-hydrogen) atoms. The Hall–Kier alpha value is -4.75. The zero-order valence-electron chi connectivity index (χ0n) is 20.1. The van der Waals surface area contributed by atoms with E-state index < -0.39 is 0 Å². The highest BCUT2D eigenvalue weighted by atomic mass is 35.5. The van der Waals surface area contributed by atoms with Crippen LogP contribution in [0.2, 0.25) is 5.02 Å². The summed E-state index contributed by atoms with van der Waals surface area (Å²) < 4.78 is 21.0. The van der Waals surface area contributed by atoms with E-state index in [9.17, 15) is 9.18 Å². The van der Waals surface area contributed by atoms with Crippen LogP contribution in [-0.4, -0.2) is 21.9 Å². The third-order valence-electron chi connectivity index (χ3n) is 5.69. The molecule has 0 aliphatic carbocycles. The van der Waals surface area contributed by atoms with E-state index in [2.05, 4.69) is 15.6 Å². The van der Waals surface area contributed by atoms with Crippen molar-refractivity contribution in [2.24, 2.45) is 5.10 Å². The van der Waals surface area contributed by atoms with Crippen LogP contribution in [0.5, 0.6) is 5.75 Å². The molecule has 0 saturated heterocycles. The van der Waals surface area contributed by atoms with E-state index in [1.807, 2.05) is 54.6 Å². The maximum absolute atomic E-state index is 13.5. The van der Waals surface area contributed by atoms with Crippen molar-refractivity contribution in [3.63, 3.8) is 0 Å². The fourth-order valence-corrected chi connectivity index (χ4v) is 3.83. The van der Waals surface area contributed by atoms with Crippen molar-refractivity contribution in [1.29, 1.82) is 0 Å². The predicted octanol–water partition coefficient (Wildman–Crippen LogP) is 6.67. The summed E-state index contributed by atoms with van der Waals surface area (Å²) in [6.07, 6.45) is 3.32. The Morgan fingerprint density at radius 3 is 2.37 bits per heavy atom. The van der Waals surface area contributed by atoms with E-state index in [4.69, 9.17) is 16.3 Å². The quantitative estimate of drug-likeness (QED) is 0.182. The smallest absolute Gasteiger partial charge is 0.271 e. The zero-order valence-corrected chi connectivity index (χ0v) is 20.8. The number of nitrogens with one attached hydrogen (secondary N) is 1. The number of carbonyl (C=O) groups excluding carboxylic acids is 1. The minimum atomic E-state index is -0.371. The van der Waals surface area contributed by atoms with Gasteiger partial charge in [-0.2, -0.15) is 10.2 Å². The molecule has 0 aliphatic heterocycles. The third kappa shape index (κ3) is 6.14. The monoisotopic (exact) mass is 524 g/mol. The highest BCUT2D eigenvalue weighted by Gasteiger charge is 2.12. The van der Waals surface area contributed by atoms with Gasteiger partial charge in [0.1, 0.15) is 23.9 Å². The summed E-state index contributed by atoms with van der Waals surface area (Å²) >= 11 is 5.91. The lowest BCUT2D eigenvalue weighted by atomic mass is 10.1. The van der Waals surface area contributed by atoms with Crippen LogP contribution in [-0.2, 0) is 6.61 Å². The molecule has 1 amide bonds. The Labute approximate surface area is 224 Å². The molecule has 5 aromatic rings. The lowest BCUT2D eigenvalue weighted by molar-refractivity contribution is 0.0955. The number of halogens is 2. The molecule has 1 heterocycles. The first-order valence-electron chi connectivity index (χ1n) is 11.8. The Kier molecular flexibility index (Phi) is 7.57. The molecule has 0 atom stereocenters. The van der Waals surface area contributed by atoms with Gasteiger partial charge in [-0.05, 0) is 78.4 Å². The summed E-state index contributed by atoms with van der Waals surface area (Å²) in [4.78, 5) is 12.6. The fraction of sp³-hybridized carbons (Fsp3) is 0.0333. The minimum absolute atomic E-state index is 0.333. The zero-order chi connectivity index (χ0) is 26.3. The van der Waals surface area contributed by atoms with Gasteiger partial charge in [-0.25, -0.2) is 14.5 Å². The molecule has 0 fully saturated rings. The normalized spacial score (nSPS) is 11.0. The second-order valence-electron chi connectivity index (χ2n) is 8.36. The number of para-hydroxylation sites is 1. The van der Waals surface area contributed by atoms with Crippen LogP contribution in [0.25, 0.3) is 16.9 Å². The van der Waals surface area contributed by atoms with E-state index >= 15 is 0 Å². The first kappa shape index (κ1) is 24.9. The maximum atomic E-state index is 13.5. The van der Waals surface area contributed by atoms with Gasteiger partial charge in [0.2, 0.25) is 0 Å². The summed E-state index contributed by atoms with van der Waals surface area (Å²) in [5.41, 5.74) is 6.81. The molecule has 1 aromatic heterocycles. The highest BCUT2D eigenvalue weighted by Crippen LogP contribution is 2.23. The van der Waals surface area contributed by atoms with Gasteiger partial charge < -0.3 is 4.74 Å². The first-order chi connectivity index (χ1) is 18.5. The molecular weight excluding hydrogens is 503 g/mol. The standard InChI is InChI=1S/C30H22ClFN4O2/c31-25-12-6-21(7-13-25)20-38-28-16-10-23(11-17-28)30(37)34-33-18-24-19-36(27-4-2-1-3-5-27)35-29(24)22-8-14-26(32)15-9-22/h1-19H,20H2,(H,34,37)/b33-18-. The molecule has 0 unspecified atom stereocenters. The van der Waals surface area contributed by atoms with Crippen molar-refractivity contribution in [2.45, 2.75) is 6.61 Å². The van der Waals surface area contributed by atoms with Crippen LogP contribution in [0.4, 0.5) is 4.39 Å². The van der Waals surface area contributed by atoms with Gasteiger partial charge in [-0.15, -0.1) is 0 Å². The van der Waals surface area contributed by atoms with Crippen molar-refractivity contribution in [3.8, 4) is 22.7 Å². The van der Waals surface area contributed by atoms with Gasteiger partial charge in [0.15, 0.2) is 0 Å². The molecule has 0 bridgehead atoms. The van der Waals surface area contributed by atoms with E-state index in [0.717, 1.165) is 16.8 Å². The minimum Gasteiger partial charge on any atom is -0.489 e. The summed E-state index contributed by atoms with van der Waals surface area (Å²) in [6, 6.07) is 29.9. The van der Waals surface area contributed by atoms with Gasteiger partial charge in [0.25, 0.3) is 5.91 Å². The molecule has 188 valence electrons. The molecule has 8 heteroatoms. The molecule has 1 N–H and O–H groups in total. The third-order valence-corrected chi connectivity index (χ3v) is 5.94.